The van der Waals surface area contributed by atoms with E-state index < -0.39 is 11.6 Å². The number of hydrogen-bond acceptors (Lipinski definition) is 3. The predicted octanol–water partition coefficient (Wildman–Crippen LogP) is 4.62. The molecule has 136 valence electrons. The van der Waals surface area contributed by atoms with E-state index in [2.05, 4.69) is 4.98 Å². The van der Waals surface area contributed by atoms with Crippen LogP contribution in [0.25, 0.3) is 16.5 Å². The maximum Gasteiger partial charge on any atom is 0.150 e. The summed E-state index contributed by atoms with van der Waals surface area (Å²) in [6, 6.07) is 9.76. The standard InChI is InChI=1S/C21H17F2N3O/c1-27-15-2-3-20-16(10-15)17(12-25-20)14-4-6-26(7-5-14)21-18(22)8-13(11-24)9-19(21)23/h2-4,8-10,12,25H,5-7H2,1H3. The lowest BCUT2D eigenvalue weighted by Crippen LogP contribution is -2.30. The van der Waals surface area contributed by atoms with Gasteiger partial charge in [-0.2, -0.15) is 5.26 Å². The highest BCUT2D eigenvalue weighted by molar-refractivity contribution is 5.94. The van der Waals surface area contributed by atoms with Crippen LogP contribution in [0.1, 0.15) is 17.5 Å². The largest absolute Gasteiger partial charge is 0.497 e. The van der Waals surface area contributed by atoms with Crippen molar-refractivity contribution in [2.24, 2.45) is 0 Å². The number of aromatic amines is 1. The Morgan fingerprint density at radius 3 is 2.59 bits per heavy atom. The Balaban J connectivity index is 1.64. The number of nitrogens with one attached hydrogen (secondary N) is 1. The maximum absolute atomic E-state index is 14.3. The van der Waals surface area contributed by atoms with Gasteiger partial charge in [-0.25, -0.2) is 8.78 Å². The van der Waals surface area contributed by atoms with Crippen molar-refractivity contribution in [3.8, 4) is 11.8 Å². The minimum absolute atomic E-state index is 0.0188. The van der Waals surface area contributed by atoms with E-state index in [1.165, 1.54) is 0 Å². The highest BCUT2D eigenvalue weighted by Gasteiger charge is 2.22. The fourth-order valence-corrected chi connectivity index (χ4v) is 3.54. The number of hydrogen-bond donors (Lipinski definition) is 1. The average molecular weight is 365 g/mol. The number of benzene rings is 2. The second-order valence-electron chi connectivity index (χ2n) is 6.44. The number of H-pyrrole nitrogens is 1. The van der Waals surface area contributed by atoms with Gasteiger partial charge in [-0.15, -0.1) is 0 Å². The van der Waals surface area contributed by atoms with E-state index in [9.17, 15) is 8.78 Å². The van der Waals surface area contributed by atoms with Crippen LogP contribution in [-0.2, 0) is 0 Å². The highest BCUT2D eigenvalue weighted by atomic mass is 19.1. The molecule has 0 saturated carbocycles. The monoisotopic (exact) mass is 365 g/mol. The number of ether oxygens (including phenoxy) is 1. The van der Waals surface area contributed by atoms with Gasteiger partial charge in [-0.05, 0) is 42.3 Å². The van der Waals surface area contributed by atoms with Crippen molar-refractivity contribution in [2.75, 3.05) is 25.1 Å². The van der Waals surface area contributed by atoms with Crippen molar-refractivity contribution in [3.63, 3.8) is 0 Å². The summed E-state index contributed by atoms with van der Waals surface area (Å²) in [6.07, 6.45) is 4.60. The summed E-state index contributed by atoms with van der Waals surface area (Å²) in [5, 5.41) is 9.89. The zero-order chi connectivity index (χ0) is 19.0. The summed E-state index contributed by atoms with van der Waals surface area (Å²) in [5.41, 5.74) is 3.11. The Kier molecular flexibility index (Phi) is 4.28. The van der Waals surface area contributed by atoms with Gasteiger partial charge in [-0.3, -0.25) is 0 Å². The van der Waals surface area contributed by atoms with Crippen molar-refractivity contribution in [2.45, 2.75) is 6.42 Å². The minimum Gasteiger partial charge on any atom is -0.497 e. The molecular formula is C21H17F2N3O. The second-order valence-corrected chi connectivity index (χ2v) is 6.44. The fourth-order valence-electron chi connectivity index (χ4n) is 3.54. The predicted molar refractivity (Wildman–Crippen MR) is 101 cm³/mol. The first-order valence-electron chi connectivity index (χ1n) is 8.59. The van der Waals surface area contributed by atoms with E-state index in [0.29, 0.717) is 19.5 Å². The van der Waals surface area contributed by atoms with Gasteiger partial charge in [0.15, 0.2) is 11.6 Å². The van der Waals surface area contributed by atoms with Crippen LogP contribution in [0.2, 0.25) is 0 Å². The first-order chi connectivity index (χ1) is 13.1. The number of halogens is 2. The molecule has 0 atom stereocenters. The van der Waals surface area contributed by atoms with Crippen LogP contribution in [0.15, 0.2) is 42.6 Å². The lowest BCUT2D eigenvalue weighted by atomic mass is 9.98. The van der Waals surface area contributed by atoms with Gasteiger partial charge >= 0.3 is 0 Å². The number of nitrogens with zero attached hydrogens (tertiary/aromatic N) is 2. The van der Waals surface area contributed by atoms with Crippen LogP contribution in [0.5, 0.6) is 5.75 Å². The number of anilines is 1. The van der Waals surface area contributed by atoms with Gasteiger partial charge in [0.1, 0.15) is 11.4 Å². The molecule has 0 fully saturated rings. The molecule has 4 rings (SSSR count). The van der Waals surface area contributed by atoms with Crippen LogP contribution in [0, 0.1) is 23.0 Å². The molecule has 0 spiro atoms. The number of aromatic nitrogens is 1. The number of rotatable bonds is 3. The Morgan fingerprint density at radius 1 is 1.19 bits per heavy atom. The van der Waals surface area contributed by atoms with Gasteiger partial charge in [0.05, 0.1) is 18.7 Å². The lowest BCUT2D eigenvalue weighted by molar-refractivity contribution is 0.415. The molecule has 1 aromatic heterocycles. The fraction of sp³-hybridized carbons (Fsp3) is 0.190. The van der Waals surface area contributed by atoms with Crippen molar-refractivity contribution in [1.29, 1.82) is 5.26 Å². The molecule has 0 radical (unpaired) electrons. The second kappa shape index (κ2) is 6.76. The van der Waals surface area contributed by atoms with Gasteiger partial charge < -0.3 is 14.6 Å². The highest BCUT2D eigenvalue weighted by Crippen LogP contribution is 2.34. The van der Waals surface area contributed by atoms with Crippen molar-refractivity contribution >= 4 is 22.2 Å². The van der Waals surface area contributed by atoms with Gasteiger partial charge in [-0.1, -0.05) is 6.08 Å². The molecule has 4 nitrogen and oxygen atoms in total. The normalized spacial score (nSPS) is 14.1. The maximum atomic E-state index is 14.3. The van der Waals surface area contributed by atoms with Crippen LogP contribution in [0.3, 0.4) is 0 Å². The van der Waals surface area contributed by atoms with Crippen LogP contribution in [0.4, 0.5) is 14.5 Å². The van der Waals surface area contributed by atoms with E-state index >= 15 is 0 Å². The van der Waals surface area contributed by atoms with Crippen molar-refractivity contribution in [3.05, 3.63) is 65.4 Å². The van der Waals surface area contributed by atoms with E-state index in [0.717, 1.165) is 39.9 Å². The number of fused-ring (bicyclic) bond motifs is 1. The Morgan fingerprint density at radius 2 is 1.96 bits per heavy atom. The van der Waals surface area contributed by atoms with Crippen molar-refractivity contribution < 1.29 is 13.5 Å². The van der Waals surface area contributed by atoms with Crippen LogP contribution < -0.4 is 9.64 Å². The first kappa shape index (κ1) is 17.1. The molecule has 0 saturated heterocycles. The summed E-state index contributed by atoms with van der Waals surface area (Å²) >= 11 is 0. The Bertz CT molecular complexity index is 1070. The Labute approximate surface area is 155 Å². The molecule has 27 heavy (non-hydrogen) atoms. The lowest BCUT2D eigenvalue weighted by Gasteiger charge is -2.29. The van der Waals surface area contributed by atoms with E-state index in [1.807, 2.05) is 30.5 Å². The van der Waals surface area contributed by atoms with Gasteiger partial charge in [0.2, 0.25) is 0 Å². The molecule has 1 aliphatic rings. The zero-order valence-electron chi connectivity index (χ0n) is 14.7. The molecule has 0 aliphatic carbocycles. The van der Waals surface area contributed by atoms with Crippen LogP contribution in [-0.4, -0.2) is 25.2 Å². The molecule has 0 unspecified atom stereocenters. The van der Waals surface area contributed by atoms with E-state index in [1.54, 1.807) is 18.1 Å². The quantitative estimate of drug-likeness (QED) is 0.737. The van der Waals surface area contributed by atoms with E-state index in [-0.39, 0.29) is 11.3 Å². The third kappa shape index (κ3) is 3.02. The topological polar surface area (TPSA) is 52.0 Å². The third-order valence-corrected chi connectivity index (χ3v) is 4.91. The third-order valence-electron chi connectivity index (χ3n) is 4.91. The molecule has 0 amide bonds. The summed E-state index contributed by atoms with van der Waals surface area (Å²) in [6.45, 7) is 0.883. The zero-order valence-corrected chi connectivity index (χ0v) is 14.7. The summed E-state index contributed by atoms with van der Waals surface area (Å²) in [7, 11) is 1.63. The number of nitriles is 1. The minimum atomic E-state index is -0.708. The first-order valence-corrected chi connectivity index (χ1v) is 8.59. The molecule has 1 N–H and O–H groups in total. The number of methoxy groups -OCH3 is 1. The molecular weight excluding hydrogens is 348 g/mol. The molecule has 6 heteroatoms. The molecule has 2 aromatic carbocycles. The molecule has 0 bridgehead atoms. The summed E-state index contributed by atoms with van der Waals surface area (Å²) in [4.78, 5) is 4.91. The summed E-state index contributed by atoms with van der Waals surface area (Å²) in [5.74, 6) is -0.636. The molecule has 2 heterocycles. The SMILES string of the molecule is COc1ccc2[nH]cc(C3=CCN(c4c(F)cc(C#N)cc4F)CC3)c2c1. The molecule has 1 aliphatic heterocycles. The Hall–Kier alpha value is -3.33. The summed E-state index contributed by atoms with van der Waals surface area (Å²) < 4.78 is 33.9. The smallest absolute Gasteiger partial charge is 0.150 e. The van der Waals surface area contributed by atoms with Crippen LogP contribution >= 0.6 is 0 Å². The van der Waals surface area contributed by atoms with Gasteiger partial charge in [0, 0.05) is 35.8 Å². The average Bonchev–Trinajstić information content (AvgIpc) is 3.11. The van der Waals surface area contributed by atoms with Gasteiger partial charge in [0.25, 0.3) is 0 Å². The van der Waals surface area contributed by atoms with Crippen molar-refractivity contribution in [1.82, 2.24) is 4.98 Å². The molecule has 3 aromatic rings. The van der Waals surface area contributed by atoms with E-state index in [4.69, 9.17) is 10.00 Å².